The second-order valence-electron chi connectivity index (χ2n) is 4.98. The molecule has 0 spiro atoms. The van der Waals surface area contributed by atoms with Crippen LogP contribution in [0.4, 0.5) is 4.39 Å². The molecule has 1 amide bonds. The first kappa shape index (κ1) is 14.3. The van der Waals surface area contributed by atoms with E-state index in [1.165, 1.54) is 12.0 Å². The lowest BCUT2D eigenvalue weighted by Crippen LogP contribution is -2.30. The van der Waals surface area contributed by atoms with Crippen LogP contribution in [0.2, 0.25) is 0 Å². The molecule has 1 heterocycles. The molecule has 1 aliphatic heterocycles. The summed E-state index contributed by atoms with van der Waals surface area (Å²) >= 11 is 0. The fraction of sp³-hybridized carbons (Fsp3) is 0.429. The van der Waals surface area contributed by atoms with Crippen molar-refractivity contribution in [3.63, 3.8) is 0 Å². The SMILES string of the molecule is COC(=O)C1CN(C(=O)c2cc(F)ccc2O)CC1C. The monoisotopic (exact) mass is 281 g/mol. The number of phenolic OH excluding ortho intramolecular Hbond substituents is 1. The van der Waals surface area contributed by atoms with Gasteiger partial charge in [-0.1, -0.05) is 6.92 Å². The number of methoxy groups -OCH3 is 1. The number of hydrogen-bond donors (Lipinski definition) is 1. The Morgan fingerprint density at radius 3 is 2.75 bits per heavy atom. The number of amides is 1. The van der Waals surface area contributed by atoms with Crippen LogP contribution in [0.15, 0.2) is 18.2 Å². The van der Waals surface area contributed by atoms with Gasteiger partial charge in [-0.25, -0.2) is 4.39 Å². The second kappa shape index (κ2) is 5.48. The van der Waals surface area contributed by atoms with Gasteiger partial charge in [-0.05, 0) is 24.1 Å². The molecule has 0 aromatic heterocycles. The third kappa shape index (κ3) is 2.59. The first-order valence-electron chi connectivity index (χ1n) is 6.29. The third-order valence-electron chi connectivity index (χ3n) is 3.59. The Balaban J connectivity index is 2.19. The molecular weight excluding hydrogens is 265 g/mol. The van der Waals surface area contributed by atoms with E-state index in [1.807, 2.05) is 6.92 Å². The van der Waals surface area contributed by atoms with E-state index in [4.69, 9.17) is 4.74 Å². The largest absolute Gasteiger partial charge is 0.507 e. The molecule has 108 valence electrons. The van der Waals surface area contributed by atoms with Crippen molar-refractivity contribution in [3.05, 3.63) is 29.6 Å². The van der Waals surface area contributed by atoms with Gasteiger partial charge in [-0.15, -0.1) is 0 Å². The van der Waals surface area contributed by atoms with Crippen molar-refractivity contribution < 1.29 is 23.8 Å². The molecule has 2 unspecified atom stereocenters. The molecule has 1 saturated heterocycles. The van der Waals surface area contributed by atoms with Crippen molar-refractivity contribution in [2.24, 2.45) is 11.8 Å². The average Bonchev–Trinajstić information content (AvgIpc) is 2.82. The highest BCUT2D eigenvalue weighted by Gasteiger charge is 2.38. The van der Waals surface area contributed by atoms with E-state index in [0.29, 0.717) is 6.54 Å². The van der Waals surface area contributed by atoms with Crippen molar-refractivity contribution in [2.75, 3.05) is 20.2 Å². The Morgan fingerprint density at radius 1 is 1.40 bits per heavy atom. The number of ether oxygens (including phenoxy) is 1. The van der Waals surface area contributed by atoms with Gasteiger partial charge in [-0.3, -0.25) is 9.59 Å². The number of aromatic hydroxyl groups is 1. The molecule has 2 atom stereocenters. The van der Waals surface area contributed by atoms with Gasteiger partial charge < -0.3 is 14.7 Å². The van der Waals surface area contributed by atoms with Crippen LogP contribution in [0.25, 0.3) is 0 Å². The Hall–Kier alpha value is -2.11. The number of esters is 1. The summed E-state index contributed by atoms with van der Waals surface area (Å²) in [5, 5.41) is 9.65. The van der Waals surface area contributed by atoms with E-state index in [2.05, 4.69) is 0 Å². The van der Waals surface area contributed by atoms with E-state index < -0.39 is 11.7 Å². The maximum Gasteiger partial charge on any atom is 0.310 e. The minimum Gasteiger partial charge on any atom is -0.507 e. The standard InChI is InChI=1S/C14H16FNO4/c1-8-6-16(7-11(8)14(19)20-2)13(18)10-5-9(15)3-4-12(10)17/h3-5,8,11,17H,6-7H2,1-2H3. The Morgan fingerprint density at radius 2 is 2.10 bits per heavy atom. The minimum atomic E-state index is -0.595. The molecule has 1 aromatic carbocycles. The lowest BCUT2D eigenvalue weighted by molar-refractivity contribution is -0.146. The molecular formula is C14H16FNO4. The van der Waals surface area contributed by atoms with Crippen molar-refractivity contribution in [1.29, 1.82) is 0 Å². The van der Waals surface area contributed by atoms with Crippen LogP contribution in [-0.4, -0.2) is 42.1 Å². The van der Waals surface area contributed by atoms with Crippen molar-refractivity contribution in [3.8, 4) is 5.75 Å². The topological polar surface area (TPSA) is 66.8 Å². The molecule has 2 rings (SSSR count). The van der Waals surface area contributed by atoms with Gasteiger partial charge in [0, 0.05) is 13.1 Å². The van der Waals surface area contributed by atoms with Gasteiger partial charge in [-0.2, -0.15) is 0 Å². The summed E-state index contributed by atoms with van der Waals surface area (Å²) in [7, 11) is 1.30. The normalized spacial score (nSPS) is 21.9. The number of nitrogens with zero attached hydrogens (tertiary/aromatic N) is 1. The summed E-state index contributed by atoms with van der Waals surface area (Å²) in [4.78, 5) is 25.3. The van der Waals surface area contributed by atoms with Crippen LogP contribution in [0.5, 0.6) is 5.75 Å². The van der Waals surface area contributed by atoms with E-state index in [1.54, 1.807) is 0 Å². The molecule has 0 aliphatic carbocycles. The summed E-state index contributed by atoms with van der Waals surface area (Å²) in [5.41, 5.74) is -0.0947. The van der Waals surface area contributed by atoms with Crippen LogP contribution in [0.3, 0.4) is 0 Å². The zero-order chi connectivity index (χ0) is 14.9. The van der Waals surface area contributed by atoms with Gasteiger partial charge in [0.05, 0.1) is 18.6 Å². The van der Waals surface area contributed by atoms with Gasteiger partial charge in [0.2, 0.25) is 0 Å². The lowest BCUT2D eigenvalue weighted by Gasteiger charge is -2.16. The molecule has 5 nitrogen and oxygen atoms in total. The molecule has 0 radical (unpaired) electrons. The Bertz CT molecular complexity index is 546. The van der Waals surface area contributed by atoms with Crippen molar-refractivity contribution >= 4 is 11.9 Å². The molecule has 20 heavy (non-hydrogen) atoms. The predicted octanol–water partition coefficient (Wildman–Crippen LogP) is 1.41. The van der Waals surface area contributed by atoms with Crippen LogP contribution >= 0.6 is 0 Å². The maximum absolute atomic E-state index is 13.2. The molecule has 1 aliphatic rings. The fourth-order valence-electron chi connectivity index (χ4n) is 2.44. The Labute approximate surface area is 116 Å². The summed E-state index contributed by atoms with van der Waals surface area (Å²) in [6.45, 7) is 2.43. The average molecular weight is 281 g/mol. The van der Waals surface area contributed by atoms with E-state index >= 15 is 0 Å². The summed E-state index contributed by atoms with van der Waals surface area (Å²) in [6, 6.07) is 3.21. The van der Waals surface area contributed by atoms with Crippen LogP contribution in [-0.2, 0) is 9.53 Å². The van der Waals surface area contributed by atoms with Crippen LogP contribution in [0, 0.1) is 17.7 Å². The van der Waals surface area contributed by atoms with Crippen molar-refractivity contribution in [2.45, 2.75) is 6.92 Å². The van der Waals surface area contributed by atoms with Crippen LogP contribution < -0.4 is 0 Å². The smallest absolute Gasteiger partial charge is 0.310 e. The second-order valence-corrected chi connectivity index (χ2v) is 4.98. The zero-order valence-electron chi connectivity index (χ0n) is 11.3. The molecule has 0 bridgehead atoms. The number of phenols is 1. The zero-order valence-corrected chi connectivity index (χ0v) is 11.3. The highest BCUT2D eigenvalue weighted by molar-refractivity contribution is 5.97. The molecule has 1 N–H and O–H groups in total. The van der Waals surface area contributed by atoms with Gasteiger partial charge in [0.1, 0.15) is 11.6 Å². The highest BCUT2D eigenvalue weighted by atomic mass is 19.1. The molecule has 0 saturated carbocycles. The number of halogens is 1. The quantitative estimate of drug-likeness (QED) is 0.832. The predicted molar refractivity (Wildman–Crippen MR) is 68.6 cm³/mol. The lowest BCUT2D eigenvalue weighted by atomic mass is 9.99. The van der Waals surface area contributed by atoms with E-state index in [9.17, 15) is 19.1 Å². The number of carbonyl (C=O) groups is 2. The number of carbonyl (C=O) groups excluding carboxylic acids is 2. The van der Waals surface area contributed by atoms with Crippen LogP contribution in [0.1, 0.15) is 17.3 Å². The van der Waals surface area contributed by atoms with Crippen molar-refractivity contribution in [1.82, 2.24) is 4.90 Å². The van der Waals surface area contributed by atoms with Gasteiger partial charge in [0.15, 0.2) is 0 Å². The minimum absolute atomic E-state index is 0.0397. The maximum atomic E-state index is 13.2. The highest BCUT2D eigenvalue weighted by Crippen LogP contribution is 2.28. The number of hydrogen-bond acceptors (Lipinski definition) is 4. The first-order chi connectivity index (χ1) is 9.43. The molecule has 6 heteroatoms. The molecule has 1 fully saturated rings. The summed E-state index contributed by atoms with van der Waals surface area (Å²) in [6.07, 6.45) is 0. The molecule has 1 aromatic rings. The number of benzene rings is 1. The summed E-state index contributed by atoms with van der Waals surface area (Å²) < 4.78 is 17.9. The number of likely N-dealkylation sites (tertiary alicyclic amines) is 1. The van der Waals surface area contributed by atoms with Gasteiger partial charge in [0.25, 0.3) is 5.91 Å². The van der Waals surface area contributed by atoms with E-state index in [-0.39, 0.29) is 35.7 Å². The third-order valence-corrected chi connectivity index (χ3v) is 3.59. The first-order valence-corrected chi connectivity index (χ1v) is 6.29. The Kier molecular flexibility index (Phi) is 3.92. The number of rotatable bonds is 2. The van der Waals surface area contributed by atoms with Gasteiger partial charge >= 0.3 is 5.97 Å². The fourth-order valence-corrected chi connectivity index (χ4v) is 2.44. The summed E-state index contributed by atoms with van der Waals surface area (Å²) in [5.74, 6) is -2.15. The van der Waals surface area contributed by atoms with E-state index in [0.717, 1.165) is 18.2 Å².